The first-order chi connectivity index (χ1) is 9.97. The number of nitrogens with zero attached hydrogens (tertiary/aromatic N) is 2. The SMILES string of the molecule is CCc1nn(C)c(COc2c(C)cc(Br)cc2CBr)c1Cl. The normalized spacial score (nSPS) is 11.0. The first-order valence-electron chi connectivity index (χ1n) is 6.65. The first-order valence-corrected chi connectivity index (χ1v) is 8.95. The molecule has 3 nitrogen and oxygen atoms in total. The molecule has 0 aliphatic rings. The lowest BCUT2D eigenvalue weighted by Crippen LogP contribution is -2.05. The van der Waals surface area contributed by atoms with Crippen LogP contribution < -0.4 is 4.74 Å². The summed E-state index contributed by atoms with van der Waals surface area (Å²) in [6.07, 6.45) is 0.816. The number of alkyl halides is 1. The fourth-order valence-electron chi connectivity index (χ4n) is 2.22. The van der Waals surface area contributed by atoms with E-state index in [4.69, 9.17) is 16.3 Å². The Balaban J connectivity index is 2.27. The lowest BCUT2D eigenvalue weighted by molar-refractivity contribution is 0.291. The molecule has 0 radical (unpaired) electrons. The zero-order valence-electron chi connectivity index (χ0n) is 12.2. The molecule has 0 aliphatic carbocycles. The largest absolute Gasteiger partial charge is 0.487 e. The molecule has 114 valence electrons. The van der Waals surface area contributed by atoms with Gasteiger partial charge < -0.3 is 4.74 Å². The fraction of sp³-hybridized carbons (Fsp3) is 0.400. The number of hydrogen-bond acceptors (Lipinski definition) is 2. The number of aromatic nitrogens is 2. The Kier molecular flexibility index (Phi) is 5.74. The average Bonchev–Trinajstić information content (AvgIpc) is 2.72. The molecule has 0 N–H and O–H groups in total. The minimum atomic E-state index is 0.408. The van der Waals surface area contributed by atoms with Crippen LogP contribution in [0.4, 0.5) is 0 Å². The van der Waals surface area contributed by atoms with Crippen molar-refractivity contribution in [2.24, 2.45) is 7.05 Å². The zero-order valence-corrected chi connectivity index (χ0v) is 16.1. The van der Waals surface area contributed by atoms with Crippen LogP contribution in [-0.4, -0.2) is 9.78 Å². The Bertz CT molecular complexity index is 656. The van der Waals surface area contributed by atoms with Gasteiger partial charge in [-0.3, -0.25) is 4.68 Å². The van der Waals surface area contributed by atoms with E-state index in [1.807, 2.05) is 27.0 Å². The van der Waals surface area contributed by atoms with Gasteiger partial charge in [0.25, 0.3) is 0 Å². The molecule has 0 saturated heterocycles. The molecule has 0 unspecified atom stereocenters. The Hall–Kier alpha value is -0.520. The van der Waals surface area contributed by atoms with Crippen LogP contribution in [0, 0.1) is 6.92 Å². The van der Waals surface area contributed by atoms with Crippen molar-refractivity contribution in [1.82, 2.24) is 9.78 Å². The van der Waals surface area contributed by atoms with Crippen molar-refractivity contribution in [2.45, 2.75) is 32.2 Å². The van der Waals surface area contributed by atoms with Crippen molar-refractivity contribution in [1.29, 1.82) is 0 Å². The summed E-state index contributed by atoms with van der Waals surface area (Å²) in [5.41, 5.74) is 4.01. The highest BCUT2D eigenvalue weighted by atomic mass is 79.9. The smallest absolute Gasteiger partial charge is 0.131 e. The van der Waals surface area contributed by atoms with Gasteiger partial charge in [-0.15, -0.1) is 0 Å². The highest BCUT2D eigenvalue weighted by molar-refractivity contribution is 9.10. The summed E-state index contributed by atoms with van der Waals surface area (Å²) in [4.78, 5) is 0. The standard InChI is InChI=1S/C15H17Br2ClN2O/c1-4-12-14(18)13(20(3)19-12)8-21-15-9(2)5-11(17)6-10(15)7-16/h5-6H,4,7-8H2,1-3H3. The lowest BCUT2D eigenvalue weighted by atomic mass is 10.1. The summed E-state index contributed by atoms with van der Waals surface area (Å²) in [5, 5.41) is 5.85. The van der Waals surface area contributed by atoms with Gasteiger partial charge in [0.15, 0.2) is 0 Å². The maximum Gasteiger partial charge on any atom is 0.131 e. The third-order valence-electron chi connectivity index (χ3n) is 3.32. The first kappa shape index (κ1) is 16.8. The van der Waals surface area contributed by atoms with E-state index in [0.717, 1.165) is 44.5 Å². The summed E-state index contributed by atoms with van der Waals surface area (Å²) in [6.45, 7) is 4.49. The van der Waals surface area contributed by atoms with Crippen molar-refractivity contribution in [3.05, 3.63) is 44.1 Å². The molecular formula is C15H17Br2ClN2O. The van der Waals surface area contributed by atoms with E-state index in [2.05, 4.69) is 43.0 Å². The molecular weight excluding hydrogens is 419 g/mol. The quantitative estimate of drug-likeness (QED) is 0.604. The number of benzene rings is 1. The van der Waals surface area contributed by atoms with Crippen molar-refractivity contribution in [3.63, 3.8) is 0 Å². The molecule has 21 heavy (non-hydrogen) atoms. The highest BCUT2D eigenvalue weighted by Crippen LogP contribution is 2.31. The van der Waals surface area contributed by atoms with E-state index >= 15 is 0 Å². The predicted octanol–water partition coefficient (Wildman–Crippen LogP) is 5.18. The molecule has 0 atom stereocenters. The van der Waals surface area contributed by atoms with Crippen molar-refractivity contribution in [3.8, 4) is 5.75 Å². The van der Waals surface area contributed by atoms with Crippen LogP contribution in [0.1, 0.15) is 29.4 Å². The van der Waals surface area contributed by atoms with E-state index in [0.29, 0.717) is 11.6 Å². The molecule has 0 aliphatic heterocycles. The molecule has 1 heterocycles. The third kappa shape index (κ3) is 3.63. The van der Waals surface area contributed by atoms with Gasteiger partial charge in [0.2, 0.25) is 0 Å². The Morgan fingerprint density at radius 1 is 1.38 bits per heavy atom. The van der Waals surface area contributed by atoms with Crippen LogP contribution in [0.15, 0.2) is 16.6 Å². The van der Waals surface area contributed by atoms with Crippen molar-refractivity contribution in [2.75, 3.05) is 0 Å². The van der Waals surface area contributed by atoms with Gasteiger partial charge in [0.1, 0.15) is 12.4 Å². The number of rotatable bonds is 5. The molecule has 1 aromatic heterocycles. The van der Waals surface area contributed by atoms with Crippen LogP contribution in [0.5, 0.6) is 5.75 Å². The Labute approximate surface area is 146 Å². The average molecular weight is 437 g/mol. The third-order valence-corrected chi connectivity index (χ3v) is 4.81. The molecule has 6 heteroatoms. The Morgan fingerprint density at radius 2 is 2.10 bits per heavy atom. The summed E-state index contributed by atoms with van der Waals surface area (Å²) in [5.74, 6) is 0.894. The molecule has 0 amide bonds. The van der Waals surface area contributed by atoms with Crippen LogP contribution >= 0.6 is 43.5 Å². The minimum Gasteiger partial charge on any atom is -0.487 e. The van der Waals surface area contributed by atoms with Crippen LogP contribution in [0.3, 0.4) is 0 Å². The molecule has 2 rings (SSSR count). The van der Waals surface area contributed by atoms with Crippen LogP contribution in [0.2, 0.25) is 5.02 Å². The van der Waals surface area contributed by atoms with E-state index in [-0.39, 0.29) is 0 Å². The van der Waals surface area contributed by atoms with Gasteiger partial charge in [-0.2, -0.15) is 5.10 Å². The summed E-state index contributed by atoms with van der Waals surface area (Å²) in [7, 11) is 1.89. The fourth-order valence-corrected chi connectivity index (χ4v) is 3.61. The van der Waals surface area contributed by atoms with Gasteiger partial charge in [0.05, 0.1) is 16.4 Å². The molecule has 0 spiro atoms. The maximum absolute atomic E-state index is 6.35. The lowest BCUT2D eigenvalue weighted by Gasteiger charge is -2.14. The second kappa shape index (κ2) is 7.16. The maximum atomic E-state index is 6.35. The van der Waals surface area contributed by atoms with Gasteiger partial charge in [0, 0.05) is 22.4 Å². The van der Waals surface area contributed by atoms with Gasteiger partial charge in [-0.1, -0.05) is 50.4 Å². The van der Waals surface area contributed by atoms with Crippen LogP contribution in [0.25, 0.3) is 0 Å². The van der Waals surface area contributed by atoms with Gasteiger partial charge in [-0.05, 0) is 31.0 Å². The van der Waals surface area contributed by atoms with E-state index in [1.54, 1.807) is 4.68 Å². The number of aryl methyl sites for hydroxylation is 3. The van der Waals surface area contributed by atoms with E-state index < -0.39 is 0 Å². The predicted molar refractivity (Wildman–Crippen MR) is 93.4 cm³/mol. The molecule has 0 bridgehead atoms. The molecule has 1 aromatic carbocycles. The van der Waals surface area contributed by atoms with Crippen molar-refractivity contribution >= 4 is 43.5 Å². The molecule has 2 aromatic rings. The topological polar surface area (TPSA) is 27.1 Å². The summed E-state index contributed by atoms with van der Waals surface area (Å²) in [6, 6.07) is 4.10. The molecule has 0 saturated carbocycles. The minimum absolute atomic E-state index is 0.408. The zero-order chi connectivity index (χ0) is 15.6. The molecule has 0 fully saturated rings. The monoisotopic (exact) mass is 434 g/mol. The Morgan fingerprint density at radius 3 is 2.67 bits per heavy atom. The number of hydrogen-bond donors (Lipinski definition) is 0. The second-order valence-electron chi connectivity index (χ2n) is 4.82. The highest BCUT2D eigenvalue weighted by Gasteiger charge is 2.15. The summed E-state index contributed by atoms with van der Waals surface area (Å²) >= 11 is 13.4. The van der Waals surface area contributed by atoms with E-state index in [1.165, 1.54) is 0 Å². The summed E-state index contributed by atoms with van der Waals surface area (Å²) < 4.78 is 8.87. The number of ether oxygens (including phenoxy) is 1. The van der Waals surface area contributed by atoms with Gasteiger partial charge >= 0.3 is 0 Å². The van der Waals surface area contributed by atoms with E-state index in [9.17, 15) is 0 Å². The van der Waals surface area contributed by atoms with Crippen molar-refractivity contribution < 1.29 is 4.74 Å². The number of halogens is 3. The van der Waals surface area contributed by atoms with Crippen LogP contribution in [-0.2, 0) is 25.4 Å². The van der Waals surface area contributed by atoms with Gasteiger partial charge in [-0.25, -0.2) is 0 Å². The second-order valence-corrected chi connectivity index (χ2v) is 6.67.